The van der Waals surface area contributed by atoms with E-state index in [2.05, 4.69) is 68.4 Å². The summed E-state index contributed by atoms with van der Waals surface area (Å²) >= 11 is 0. The Bertz CT molecular complexity index is 913. The molecule has 0 radical (unpaired) electrons. The van der Waals surface area contributed by atoms with E-state index >= 15 is 0 Å². The third-order valence-electron chi connectivity index (χ3n) is 5.56. The molecule has 0 rings (SSSR count). The average molecular weight is 624 g/mol. The predicted molar refractivity (Wildman–Crippen MR) is 163 cm³/mol. The van der Waals surface area contributed by atoms with Gasteiger partial charge in [-0.3, -0.25) is 0 Å². The molecule has 0 aliphatic rings. The van der Waals surface area contributed by atoms with E-state index in [0.717, 1.165) is 0 Å². The van der Waals surface area contributed by atoms with E-state index in [-0.39, 0.29) is 43.4 Å². The zero-order valence-electron chi connectivity index (χ0n) is 24.1. The van der Waals surface area contributed by atoms with Gasteiger partial charge in [0.2, 0.25) is 30.1 Å². The number of sulfonamides is 3. The van der Waals surface area contributed by atoms with Gasteiger partial charge in [-0.25, -0.2) is 39.0 Å². The second-order valence-corrected chi connectivity index (χ2v) is 36.1. The molecule has 0 saturated heterocycles. The van der Waals surface area contributed by atoms with E-state index in [1.165, 1.54) is 4.31 Å². The van der Waals surface area contributed by atoms with Crippen LogP contribution in [0.4, 0.5) is 0 Å². The first-order valence-corrected chi connectivity index (χ1v) is 28.9. The Balaban J connectivity index is 4.98. The summed E-state index contributed by atoms with van der Waals surface area (Å²) in [5.74, 6) is 0.254. The molecule has 0 heterocycles. The summed E-state index contributed by atoms with van der Waals surface area (Å²) in [5, 5.41) is 0. The van der Waals surface area contributed by atoms with Gasteiger partial charge in [-0.2, -0.15) is 0 Å². The van der Waals surface area contributed by atoms with Crippen LogP contribution in [0.15, 0.2) is 0 Å². The third-order valence-corrected chi connectivity index (χ3v) is 16.5. The molecule has 9 nitrogen and oxygen atoms in total. The first-order chi connectivity index (χ1) is 15.9. The smallest absolute Gasteiger partial charge is 0.213 e. The fourth-order valence-corrected chi connectivity index (χ4v) is 15.7. The highest BCUT2D eigenvalue weighted by Gasteiger charge is 2.26. The van der Waals surface area contributed by atoms with E-state index in [4.69, 9.17) is 0 Å². The maximum Gasteiger partial charge on any atom is 0.213 e. The molecule has 0 amide bonds. The molecule has 36 heavy (non-hydrogen) atoms. The Morgan fingerprint density at radius 2 is 0.833 bits per heavy atom. The van der Waals surface area contributed by atoms with Crippen LogP contribution in [0.1, 0.15) is 12.8 Å². The third kappa shape index (κ3) is 20.4. The van der Waals surface area contributed by atoms with Gasteiger partial charge in [0.25, 0.3) is 0 Å². The van der Waals surface area contributed by atoms with Gasteiger partial charge in [-0.05, 0) is 31.0 Å². The number of rotatable bonds is 20. The van der Waals surface area contributed by atoms with Gasteiger partial charge in [0.15, 0.2) is 0 Å². The molecule has 218 valence electrons. The van der Waals surface area contributed by atoms with E-state index < -0.39 is 54.3 Å². The van der Waals surface area contributed by atoms with Crippen molar-refractivity contribution >= 4 is 54.3 Å². The number of nitrogens with zero attached hydrogens (tertiary/aromatic N) is 1. The van der Waals surface area contributed by atoms with Crippen LogP contribution < -0.4 is 9.44 Å². The fraction of sp³-hybridized carbons (Fsp3) is 1.00. The van der Waals surface area contributed by atoms with Gasteiger partial charge in [0, 0.05) is 50.4 Å². The maximum absolute atomic E-state index is 13.1. The second-order valence-electron chi connectivity index (χ2n) is 13.3. The van der Waals surface area contributed by atoms with Crippen molar-refractivity contribution in [2.24, 2.45) is 0 Å². The van der Waals surface area contributed by atoms with Crippen molar-refractivity contribution in [2.75, 3.05) is 43.4 Å². The van der Waals surface area contributed by atoms with E-state index in [9.17, 15) is 25.3 Å². The zero-order valence-corrected chi connectivity index (χ0v) is 29.6. The topological polar surface area (TPSA) is 130 Å². The van der Waals surface area contributed by atoms with Crippen LogP contribution in [0.3, 0.4) is 0 Å². The minimum absolute atomic E-state index is 0.0621. The zero-order chi connectivity index (χ0) is 28.5. The molecule has 0 aliphatic carbocycles. The first kappa shape index (κ1) is 36.4. The molecule has 0 fully saturated rings. The van der Waals surface area contributed by atoms with E-state index in [1.807, 2.05) is 0 Å². The van der Waals surface area contributed by atoms with Crippen molar-refractivity contribution in [3.05, 3.63) is 0 Å². The van der Waals surface area contributed by atoms with Crippen molar-refractivity contribution in [1.29, 1.82) is 0 Å². The minimum atomic E-state index is -3.52. The maximum atomic E-state index is 13.1. The van der Waals surface area contributed by atoms with E-state index in [0.29, 0.717) is 31.0 Å². The summed E-state index contributed by atoms with van der Waals surface area (Å²) in [4.78, 5) is 0. The van der Waals surface area contributed by atoms with Crippen molar-refractivity contribution in [3.8, 4) is 0 Å². The summed E-state index contributed by atoms with van der Waals surface area (Å²) in [7, 11) is -14.8. The molecule has 0 unspecified atom stereocenters. The summed E-state index contributed by atoms with van der Waals surface area (Å²) in [6, 6.07) is 1.99. The van der Waals surface area contributed by atoms with Crippen LogP contribution in [-0.2, 0) is 30.1 Å². The van der Waals surface area contributed by atoms with Crippen molar-refractivity contribution in [3.63, 3.8) is 0 Å². The molecule has 0 saturated carbocycles. The molecule has 0 aromatic carbocycles. The lowest BCUT2D eigenvalue weighted by Gasteiger charge is -2.24. The van der Waals surface area contributed by atoms with Crippen molar-refractivity contribution < 1.29 is 25.3 Å². The highest BCUT2D eigenvalue weighted by atomic mass is 32.2. The summed E-state index contributed by atoms with van der Waals surface area (Å²) in [6.45, 7) is 19.9. The monoisotopic (exact) mass is 623 g/mol. The number of hydrogen-bond donors (Lipinski definition) is 2. The molecule has 0 aromatic rings. The molecule has 0 aromatic heterocycles. The van der Waals surface area contributed by atoms with E-state index in [1.54, 1.807) is 0 Å². The van der Waals surface area contributed by atoms with Crippen molar-refractivity contribution in [1.82, 2.24) is 13.7 Å². The molecule has 15 heteroatoms. The van der Waals surface area contributed by atoms with Crippen LogP contribution in [0, 0.1) is 0 Å². The molecule has 0 bridgehead atoms. The largest absolute Gasteiger partial charge is 0.215 e. The first-order valence-electron chi connectivity index (χ1n) is 12.9. The highest BCUT2D eigenvalue weighted by molar-refractivity contribution is 7.90. The number of hydrogen-bond acceptors (Lipinski definition) is 6. The molecule has 0 atom stereocenters. The lowest BCUT2D eigenvalue weighted by molar-refractivity contribution is 0.399. The molecule has 2 N–H and O–H groups in total. The predicted octanol–water partition coefficient (Wildman–Crippen LogP) is 3.25. The highest BCUT2D eigenvalue weighted by Crippen LogP contribution is 2.14. The van der Waals surface area contributed by atoms with Crippen molar-refractivity contribution in [2.45, 2.75) is 89.9 Å². The normalized spacial score (nSPS) is 14.5. The van der Waals surface area contributed by atoms with Gasteiger partial charge >= 0.3 is 0 Å². The van der Waals surface area contributed by atoms with Gasteiger partial charge in [0.05, 0.1) is 17.3 Å². The lowest BCUT2D eigenvalue weighted by Crippen LogP contribution is -2.40. The Labute approximate surface area is 225 Å². The minimum Gasteiger partial charge on any atom is -0.215 e. The molecule has 0 aliphatic heterocycles. The Morgan fingerprint density at radius 1 is 0.528 bits per heavy atom. The Morgan fingerprint density at radius 3 is 1.14 bits per heavy atom. The van der Waals surface area contributed by atoms with Gasteiger partial charge in [0.1, 0.15) is 0 Å². The van der Waals surface area contributed by atoms with Crippen LogP contribution in [-0.4, -0.2) is 97.2 Å². The summed E-state index contributed by atoms with van der Waals surface area (Å²) in [6.07, 6.45) is 0.723. The average Bonchev–Trinajstić information content (AvgIpc) is 2.67. The van der Waals surface area contributed by atoms with Crippen LogP contribution in [0.25, 0.3) is 0 Å². The van der Waals surface area contributed by atoms with Gasteiger partial charge in [-0.15, -0.1) is 0 Å². The Hall–Kier alpha value is 0.381. The number of nitrogens with one attached hydrogen (secondary N) is 2. The summed E-state index contributed by atoms with van der Waals surface area (Å²) in [5.41, 5.74) is 0. The molecule has 0 spiro atoms. The Kier molecular flexibility index (Phi) is 14.8. The standard InChI is InChI=1S/C21H53N3O6S3Si3/c1-34(2,3)19-16-31(25,26)22-12-10-14-24(33(29,30)18-21-36(7,8)9)15-11-13-23-32(27,28)17-20-35(4,5)6/h22-23H,10-21H2,1-9H3. The van der Waals surface area contributed by atoms with Crippen LogP contribution in [0.2, 0.25) is 77.1 Å². The summed E-state index contributed by atoms with van der Waals surface area (Å²) < 4.78 is 81.8. The fourth-order valence-electron chi connectivity index (χ4n) is 2.95. The van der Waals surface area contributed by atoms with Crippen LogP contribution in [0.5, 0.6) is 0 Å². The SMILES string of the molecule is C[Si](C)(C)CCS(=O)(=O)NCCCN(CCCNS(=O)(=O)CC[Si](C)(C)C)S(=O)(=O)CC[Si](C)(C)C. The van der Waals surface area contributed by atoms with Gasteiger partial charge in [-0.1, -0.05) is 58.9 Å². The second kappa shape index (κ2) is 14.7. The lowest BCUT2D eigenvalue weighted by atomic mass is 10.4. The van der Waals surface area contributed by atoms with Gasteiger partial charge < -0.3 is 0 Å². The quantitative estimate of drug-likeness (QED) is 0.158. The van der Waals surface area contributed by atoms with Crippen LogP contribution >= 0.6 is 0 Å². The molecular formula is C21H53N3O6S3Si3. The molecular weight excluding hydrogens is 571 g/mol.